The lowest BCUT2D eigenvalue weighted by Gasteiger charge is -2.06. The van der Waals surface area contributed by atoms with Crippen molar-refractivity contribution >= 4 is 28.4 Å². The van der Waals surface area contributed by atoms with E-state index in [-0.39, 0.29) is 5.91 Å². The predicted octanol–water partition coefficient (Wildman–Crippen LogP) is 2.53. The van der Waals surface area contributed by atoms with Crippen LogP contribution >= 0.6 is 11.6 Å². The van der Waals surface area contributed by atoms with E-state index in [1.165, 1.54) is 0 Å². The fraction of sp³-hybridized carbons (Fsp3) is 0.200. The quantitative estimate of drug-likeness (QED) is 0.778. The maximum atomic E-state index is 12.3. The maximum absolute atomic E-state index is 12.3. The molecule has 0 unspecified atom stereocenters. The molecule has 3 rings (SSSR count). The summed E-state index contributed by atoms with van der Waals surface area (Å²) in [5.74, 6) is -0.0895. The third-order valence-corrected chi connectivity index (χ3v) is 3.73. The number of carbonyl (C=O) groups is 1. The molecule has 0 atom stereocenters. The number of amides is 1. The van der Waals surface area contributed by atoms with Crippen LogP contribution in [0.1, 0.15) is 16.1 Å². The standard InChI is InChI=1S/C15H15ClN4O/c1-20-13-7-12(16)3-2-11(13)6-14(20)15(21)17-5-4-10-8-18-19-9-10/h2-3,6-9H,4-5H2,1H3,(H,17,21)(H,18,19). The molecular formula is C15H15ClN4O. The minimum Gasteiger partial charge on any atom is -0.350 e. The van der Waals surface area contributed by atoms with Gasteiger partial charge in [0.25, 0.3) is 5.91 Å². The van der Waals surface area contributed by atoms with Crippen LogP contribution in [-0.4, -0.2) is 27.2 Å². The van der Waals surface area contributed by atoms with Crippen molar-refractivity contribution in [1.82, 2.24) is 20.1 Å². The smallest absolute Gasteiger partial charge is 0.267 e. The number of halogens is 1. The first kappa shape index (κ1) is 13.7. The van der Waals surface area contributed by atoms with Gasteiger partial charge in [-0.3, -0.25) is 9.89 Å². The Balaban J connectivity index is 1.73. The van der Waals surface area contributed by atoms with E-state index >= 15 is 0 Å². The second-order valence-electron chi connectivity index (χ2n) is 4.90. The SMILES string of the molecule is Cn1c(C(=O)NCCc2cn[nH]c2)cc2ccc(Cl)cc21. The van der Waals surface area contributed by atoms with Crippen molar-refractivity contribution in [2.45, 2.75) is 6.42 Å². The number of nitrogens with one attached hydrogen (secondary N) is 2. The highest BCUT2D eigenvalue weighted by atomic mass is 35.5. The number of aromatic amines is 1. The van der Waals surface area contributed by atoms with Crippen LogP contribution in [0.4, 0.5) is 0 Å². The number of fused-ring (bicyclic) bond motifs is 1. The second-order valence-corrected chi connectivity index (χ2v) is 5.34. The number of aryl methyl sites for hydroxylation is 1. The lowest BCUT2D eigenvalue weighted by atomic mass is 10.2. The molecule has 6 heteroatoms. The van der Waals surface area contributed by atoms with E-state index in [9.17, 15) is 4.79 Å². The summed E-state index contributed by atoms with van der Waals surface area (Å²) in [4.78, 5) is 12.3. The summed E-state index contributed by atoms with van der Waals surface area (Å²) in [5.41, 5.74) is 2.64. The number of aromatic nitrogens is 3. The van der Waals surface area contributed by atoms with E-state index in [0.29, 0.717) is 17.3 Å². The molecule has 0 saturated heterocycles. The summed E-state index contributed by atoms with van der Waals surface area (Å²) in [6.07, 6.45) is 4.33. The van der Waals surface area contributed by atoms with Crippen molar-refractivity contribution in [2.24, 2.45) is 7.05 Å². The molecule has 2 N–H and O–H groups in total. The third-order valence-electron chi connectivity index (χ3n) is 3.49. The van der Waals surface area contributed by atoms with E-state index in [1.807, 2.05) is 42.1 Å². The zero-order chi connectivity index (χ0) is 14.8. The normalized spacial score (nSPS) is 11.0. The van der Waals surface area contributed by atoms with Crippen LogP contribution in [0.2, 0.25) is 5.02 Å². The van der Waals surface area contributed by atoms with Crippen LogP contribution in [0.5, 0.6) is 0 Å². The fourth-order valence-corrected chi connectivity index (χ4v) is 2.51. The van der Waals surface area contributed by atoms with Gasteiger partial charge in [0.1, 0.15) is 5.69 Å². The molecule has 0 aliphatic carbocycles. The topological polar surface area (TPSA) is 62.7 Å². The molecule has 3 aromatic rings. The van der Waals surface area contributed by atoms with Crippen molar-refractivity contribution in [2.75, 3.05) is 6.54 Å². The molecule has 2 aromatic heterocycles. The summed E-state index contributed by atoms with van der Waals surface area (Å²) >= 11 is 6.00. The maximum Gasteiger partial charge on any atom is 0.267 e. The van der Waals surface area contributed by atoms with Gasteiger partial charge in [-0.15, -0.1) is 0 Å². The third kappa shape index (κ3) is 2.78. The summed E-state index contributed by atoms with van der Waals surface area (Å²) in [6.45, 7) is 0.570. The number of nitrogens with zero attached hydrogens (tertiary/aromatic N) is 2. The highest BCUT2D eigenvalue weighted by Crippen LogP contribution is 2.22. The Bertz CT molecular complexity index is 776. The van der Waals surface area contributed by atoms with Crippen LogP contribution in [-0.2, 0) is 13.5 Å². The van der Waals surface area contributed by atoms with Crippen molar-refractivity contribution in [1.29, 1.82) is 0 Å². The summed E-state index contributed by atoms with van der Waals surface area (Å²) < 4.78 is 1.86. The highest BCUT2D eigenvalue weighted by Gasteiger charge is 2.13. The second kappa shape index (κ2) is 5.61. The zero-order valence-corrected chi connectivity index (χ0v) is 12.3. The predicted molar refractivity (Wildman–Crippen MR) is 82.6 cm³/mol. The summed E-state index contributed by atoms with van der Waals surface area (Å²) in [7, 11) is 1.86. The molecule has 2 heterocycles. The number of carbonyl (C=O) groups excluding carboxylic acids is 1. The summed E-state index contributed by atoms with van der Waals surface area (Å²) in [5, 5.41) is 11.2. The van der Waals surface area contributed by atoms with Crippen molar-refractivity contribution in [3.63, 3.8) is 0 Å². The average Bonchev–Trinajstić information content (AvgIpc) is 3.08. The van der Waals surface area contributed by atoms with Gasteiger partial charge in [-0.1, -0.05) is 17.7 Å². The molecule has 0 aliphatic heterocycles. The van der Waals surface area contributed by atoms with Crippen molar-refractivity contribution in [3.05, 3.63) is 52.9 Å². The molecule has 0 radical (unpaired) electrons. The molecular weight excluding hydrogens is 288 g/mol. The molecule has 0 fully saturated rings. The minimum atomic E-state index is -0.0895. The molecule has 108 valence electrons. The van der Waals surface area contributed by atoms with Crippen LogP contribution in [0.25, 0.3) is 10.9 Å². The van der Waals surface area contributed by atoms with Gasteiger partial charge in [0.15, 0.2) is 0 Å². The van der Waals surface area contributed by atoms with Crippen LogP contribution in [0, 0.1) is 0 Å². The molecule has 0 saturated carbocycles. The molecule has 5 nitrogen and oxygen atoms in total. The number of hydrogen-bond acceptors (Lipinski definition) is 2. The van der Waals surface area contributed by atoms with E-state index in [2.05, 4.69) is 15.5 Å². The van der Waals surface area contributed by atoms with Gasteiger partial charge >= 0.3 is 0 Å². The minimum absolute atomic E-state index is 0.0895. The van der Waals surface area contributed by atoms with Gasteiger partial charge in [-0.2, -0.15) is 5.10 Å². The van der Waals surface area contributed by atoms with Crippen LogP contribution in [0.3, 0.4) is 0 Å². The molecule has 0 spiro atoms. The first-order chi connectivity index (χ1) is 10.1. The van der Waals surface area contributed by atoms with Crippen molar-refractivity contribution in [3.8, 4) is 0 Å². The van der Waals surface area contributed by atoms with Gasteiger partial charge in [-0.25, -0.2) is 0 Å². The highest BCUT2D eigenvalue weighted by molar-refractivity contribution is 6.31. The Hall–Kier alpha value is -2.27. The van der Waals surface area contributed by atoms with Gasteiger partial charge < -0.3 is 9.88 Å². The van der Waals surface area contributed by atoms with Crippen LogP contribution in [0.15, 0.2) is 36.7 Å². The van der Waals surface area contributed by atoms with E-state index < -0.39 is 0 Å². The largest absolute Gasteiger partial charge is 0.350 e. The Labute approximate surface area is 126 Å². The van der Waals surface area contributed by atoms with Crippen molar-refractivity contribution < 1.29 is 4.79 Å². The van der Waals surface area contributed by atoms with Gasteiger partial charge in [0.05, 0.1) is 6.20 Å². The lowest BCUT2D eigenvalue weighted by Crippen LogP contribution is -2.27. The fourth-order valence-electron chi connectivity index (χ4n) is 2.35. The van der Waals surface area contributed by atoms with E-state index in [4.69, 9.17) is 11.6 Å². The van der Waals surface area contributed by atoms with Gasteiger partial charge in [0.2, 0.25) is 0 Å². The van der Waals surface area contributed by atoms with E-state index in [1.54, 1.807) is 6.20 Å². The number of benzene rings is 1. The van der Waals surface area contributed by atoms with Gasteiger partial charge in [-0.05, 0) is 30.2 Å². The molecule has 0 aliphatic rings. The first-order valence-electron chi connectivity index (χ1n) is 6.66. The Kier molecular flexibility index (Phi) is 3.66. The molecule has 21 heavy (non-hydrogen) atoms. The van der Waals surface area contributed by atoms with E-state index in [0.717, 1.165) is 22.9 Å². The molecule has 1 amide bonds. The lowest BCUT2D eigenvalue weighted by molar-refractivity contribution is 0.0946. The monoisotopic (exact) mass is 302 g/mol. The first-order valence-corrected chi connectivity index (χ1v) is 7.04. The zero-order valence-electron chi connectivity index (χ0n) is 11.6. The number of hydrogen-bond donors (Lipinski definition) is 2. The average molecular weight is 303 g/mol. The number of H-pyrrole nitrogens is 1. The molecule has 1 aromatic carbocycles. The Morgan fingerprint density at radius 1 is 1.43 bits per heavy atom. The summed E-state index contributed by atoms with van der Waals surface area (Å²) in [6, 6.07) is 7.47. The van der Waals surface area contributed by atoms with Crippen LogP contribution < -0.4 is 5.32 Å². The Morgan fingerprint density at radius 3 is 3.05 bits per heavy atom. The molecule has 0 bridgehead atoms. The van der Waals surface area contributed by atoms with Gasteiger partial charge in [0, 0.05) is 35.7 Å². The number of rotatable bonds is 4. The Morgan fingerprint density at radius 2 is 2.29 bits per heavy atom.